The number of nitrogens with zero attached hydrogens (tertiary/aromatic N) is 4. The molecule has 0 radical (unpaired) electrons. The number of alkyl halides is 3. The number of rotatable bonds is 5. The quantitative estimate of drug-likeness (QED) is 0.313. The van der Waals surface area contributed by atoms with Gasteiger partial charge in [0, 0.05) is 47.7 Å². The van der Waals surface area contributed by atoms with Crippen LogP contribution in [0.5, 0.6) is 0 Å². The van der Waals surface area contributed by atoms with Crippen molar-refractivity contribution in [3.8, 4) is 11.5 Å². The van der Waals surface area contributed by atoms with Crippen LogP contribution in [0.2, 0.25) is 5.02 Å². The lowest BCUT2D eigenvalue weighted by molar-refractivity contribution is -0.140. The second-order valence-electron chi connectivity index (χ2n) is 8.98. The lowest BCUT2D eigenvalue weighted by atomic mass is 9.99. The van der Waals surface area contributed by atoms with Crippen LogP contribution in [-0.4, -0.2) is 51.2 Å². The molecular formula is C25H21ClF4N6O2. The van der Waals surface area contributed by atoms with Crippen LogP contribution in [0.1, 0.15) is 19.0 Å². The standard InChI is InChI=1S/C25H21ClF4N6O2/c1-13(37)36-11-17(31-21-10-22(25(28,29)30)33-20-7-4-15(26)8-19(20)21)9-18(12-36)32-24-35-34-23(38-24)14-2-5-16(27)6-3-14/h2-8,10,17-18H,9,11-12H2,1H3,(H,31,33)(H,32,35)/t17-,18+/m1/s1. The molecular weight excluding hydrogens is 528 g/mol. The van der Waals surface area contributed by atoms with Gasteiger partial charge in [-0.25, -0.2) is 9.37 Å². The van der Waals surface area contributed by atoms with Crippen molar-refractivity contribution in [2.45, 2.75) is 31.6 Å². The zero-order valence-corrected chi connectivity index (χ0v) is 20.6. The highest BCUT2D eigenvalue weighted by atomic mass is 35.5. The molecule has 0 bridgehead atoms. The summed E-state index contributed by atoms with van der Waals surface area (Å²) < 4.78 is 59.5. The summed E-state index contributed by atoms with van der Waals surface area (Å²) in [6, 6.07) is 10.3. The maximum atomic E-state index is 13.5. The maximum Gasteiger partial charge on any atom is 0.433 e. The van der Waals surface area contributed by atoms with Gasteiger partial charge in [0.1, 0.15) is 11.5 Å². The van der Waals surface area contributed by atoms with E-state index in [-0.39, 0.29) is 41.6 Å². The van der Waals surface area contributed by atoms with Crippen LogP contribution in [0.4, 0.5) is 29.3 Å². The zero-order valence-electron chi connectivity index (χ0n) is 19.9. The SMILES string of the molecule is CC(=O)N1C[C@@H](Nc2nnc(-c3ccc(F)cc3)o2)C[C@@H](Nc2cc(C(F)(F)F)nc3ccc(Cl)cc23)C1. The molecule has 1 saturated heterocycles. The van der Waals surface area contributed by atoms with Crippen molar-refractivity contribution >= 4 is 40.1 Å². The second kappa shape index (κ2) is 10.1. The van der Waals surface area contributed by atoms with E-state index in [9.17, 15) is 22.4 Å². The van der Waals surface area contributed by atoms with Gasteiger partial charge in [-0.3, -0.25) is 4.79 Å². The van der Waals surface area contributed by atoms with E-state index in [2.05, 4.69) is 25.8 Å². The summed E-state index contributed by atoms with van der Waals surface area (Å²) in [6.07, 6.45) is -4.23. The normalized spacial score (nSPS) is 18.0. The lowest BCUT2D eigenvalue weighted by Crippen LogP contribution is -2.52. The second-order valence-corrected chi connectivity index (χ2v) is 9.41. The van der Waals surface area contributed by atoms with Gasteiger partial charge >= 0.3 is 12.2 Å². The summed E-state index contributed by atoms with van der Waals surface area (Å²) in [4.78, 5) is 17.6. The lowest BCUT2D eigenvalue weighted by Gasteiger charge is -2.38. The minimum absolute atomic E-state index is 0.0963. The Morgan fingerprint density at radius 1 is 1.05 bits per heavy atom. The Morgan fingerprint density at radius 3 is 2.45 bits per heavy atom. The van der Waals surface area contributed by atoms with E-state index in [0.29, 0.717) is 28.9 Å². The Hall–Kier alpha value is -3.93. The van der Waals surface area contributed by atoms with Crippen molar-refractivity contribution < 1.29 is 26.8 Å². The molecule has 1 aliphatic rings. The predicted octanol–water partition coefficient (Wildman–Crippen LogP) is 5.61. The molecule has 8 nitrogen and oxygen atoms in total. The topological polar surface area (TPSA) is 96.2 Å². The number of fused-ring (bicyclic) bond motifs is 1. The zero-order chi connectivity index (χ0) is 27.0. The van der Waals surface area contributed by atoms with Gasteiger partial charge in [-0.05, 0) is 55.0 Å². The van der Waals surface area contributed by atoms with Crippen LogP contribution in [0.25, 0.3) is 22.4 Å². The molecule has 13 heteroatoms. The van der Waals surface area contributed by atoms with Crippen molar-refractivity contribution in [3.05, 3.63) is 65.1 Å². The third-order valence-electron chi connectivity index (χ3n) is 6.16. The number of aromatic nitrogens is 3. The molecule has 2 N–H and O–H groups in total. The minimum Gasteiger partial charge on any atom is -0.403 e. The van der Waals surface area contributed by atoms with Gasteiger partial charge in [0.15, 0.2) is 0 Å². The molecule has 2 aromatic heterocycles. The third-order valence-corrected chi connectivity index (χ3v) is 6.40. The van der Waals surface area contributed by atoms with Gasteiger partial charge in [-0.1, -0.05) is 16.7 Å². The molecule has 1 aliphatic heterocycles. The average Bonchev–Trinajstić information content (AvgIpc) is 3.32. The maximum absolute atomic E-state index is 13.5. The molecule has 0 unspecified atom stereocenters. The van der Waals surface area contributed by atoms with E-state index in [1.165, 1.54) is 43.3 Å². The smallest absolute Gasteiger partial charge is 0.403 e. The summed E-state index contributed by atoms with van der Waals surface area (Å²) in [5.74, 6) is -0.413. The monoisotopic (exact) mass is 548 g/mol. The van der Waals surface area contributed by atoms with E-state index in [1.807, 2.05) is 0 Å². The van der Waals surface area contributed by atoms with E-state index in [1.54, 1.807) is 11.0 Å². The Balaban J connectivity index is 1.39. The van der Waals surface area contributed by atoms with E-state index >= 15 is 0 Å². The minimum atomic E-state index is -4.65. The molecule has 3 heterocycles. The predicted molar refractivity (Wildman–Crippen MR) is 133 cm³/mol. The van der Waals surface area contributed by atoms with Gasteiger partial charge in [0.05, 0.1) is 11.6 Å². The molecule has 5 rings (SSSR count). The molecule has 1 fully saturated rings. The first-order chi connectivity index (χ1) is 18.0. The highest BCUT2D eigenvalue weighted by Crippen LogP contribution is 2.35. The number of pyridine rings is 1. The molecule has 2 atom stereocenters. The van der Waals surface area contributed by atoms with Crippen molar-refractivity contribution in [1.29, 1.82) is 0 Å². The molecule has 4 aromatic rings. The van der Waals surface area contributed by atoms with E-state index in [0.717, 1.165) is 6.07 Å². The molecule has 1 amide bonds. The summed E-state index contributed by atoms with van der Waals surface area (Å²) in [5, 5.41) is 15.0. The fourth-order valence-electron chi connectivity index (χ4n) is 4.41. The molecule has 198 valence electrons. The van der Waals surface area contributed by atoms with E-state index < -0.39 is 23.7 Å². The largest absolute Gasteiger partial charge is 0.433 e. The number of likely N-dealkylation sites (tertiary alicyclic amines) is 1. The van der Waals surface area contributed by atoms with Crippen LogP contribution < -0.4 is 10.6 Å². The van der Waals surface area contributed by atoms with Crippen molar-refractivity contribution in [2.75, 3.05) is 23.7 Å². The molecule has 0 aliphatic carbocycles. The Kier molecular flexibility index (Phi) is 6.82. The number of benzene rings is 2. The third kappa shape index (κ3) is 5.64. The number of carbonyl (C=O) groups is 1. The van der Waals surface area contributed by atoms with E-state index in [4.69, 9.17) is 16.0 Å². The van der Waals surface area contributed by atoms with Gasteiger partial charge < -0.3 is 20.0 Å². The molecule has 0 spiro atoms. The molecule has 38 heavy (non-hydrogen) atoms. The van der Waals surface area contributed by atoms with Crippen LogP contribution in [0.3, 0.4) is 0 Å². The summed E-state index contributed by atoms with van der Waals surface area (Å²) in [5.41, 5.74) is -0.165. The Labute approximate surface area is 219 Å². The number of piperidine rings is 1. The first kappa shape index (κ1) is 25.7. The number of halogens is 5. The highest BCUT2D eigenvalue weighted by molar-refractivity contribution is 6.31. The first-order valence-electron chi connectivity index (χ1n) is 11.6. The molecule has 0 saturated carbocycles. The van der Waals surface area contributed by atoms with Gasteiger partial charge in [-0.2, -0.15) is 13.2 Å². The summed E-state index contributed by atoms with van der Waals surface area (Å²) in [6.45, 7) is 2.00. The van der Waals surface area contributed by atoms with Crippen molar-refractivity contribution in [3.63, 3.8) is 0 Å². The number of amides is 1. The average molecular weight is 549 g/mol. The first-order valence-corrected chi connectivity index (χ1v) is 12.0. The van der Waals surface area contributed by atoms with Gasteiger partial charge in [0.2, 0.25) is 11.8 Å². The fraction of sp³-hybridized carbons (Fsp3) is 0.280. The Bertz CT molecular complexity index is 1480. The van der Waals surface area contributed by atoms with Crippen LogP contribution in [0.15, 0.2) is 52.9 Å². The summed E-state index contributed by atoms with van der Waals surface area (Å²) >= 11 is 6.11. The number of anilines is 2. The number of hydrogen-bond acceptors (Lipinski definition) is 7. The highest BCUT2D eigenvalue weighted by Gasteiger charge is 2.35. The fourth-order valence-corrected chi connectivity index (χ4v) is 4.59. The number of carbonyl (C=O) groups excluding carboxylic acids is 1. The van der Waals surface area contributed by atoms with Crippen molar-refractivity contribution in [2.24, 2.45) is 0 Å². The molecule has 2 aromatic carbocycles. The van der Waals surface area contributed by atoms with Crippen LogP contribution >= 0.6 is 11.6 Å². The number of nitrogens with one attached hydrogen (secondary N) is 2. The van der Waals surface area contributed by atoms with Gasteiger partial charge in [-0.15, -0.1) is 5.10 Å². The number of hydrogen-bond donors (Lipinski definition) is 2. The van der Waals surface area contributed by atoms with Crippen LogP contribution in [0, 0.1) is 5.82 Å². The Morgan fingerprint density at radius 2 is 1.76 bits per heavy atom. The van der Waals surface area contributed by atoms with Crippen molar-refractivity contribution in [1.82, 2.24) is 20.1 Å². The van der Waals surface area contributed by atoms with Crippen LogP contribution in [-0.2, 0) is 11.0 Å². The van der Waals surface area contributed by atoms with Gasteiger partial charge in [0.25, 0.3) is 0 Å². The summed E-state index contributed by atoms with van der Waals surface area (Å²) in [7, 11) is 0.